The topological polar surface area (TPSA) is 67.4 Å². The number of hydrogen-bond donors (Lipinski definition) is 2. The van der Waals surface area contributed by atoms with Crippen LogP contribution in [0.5, 0.6) is 0 Å². The van der Waals surface area contributed by atoms with Crippen LogP contribution in [0.2, 0.25) is 0 Å². The molecular formula is C19H24Cl2N2O3. The lowest BCUT2D eigenvalue weighted by Gasteiger charge is -2.08. The van der Waals surface area contributed by atoms with Gasteiger partial charge in [0.15, 0.2) is 0 Å². The van der Waals surface area contributed by atoms with Crippen molar-refractivity contribution in [1.82, 2.24) is 5.32 Å². The third-order valence-corrected chi connectivity index (χ3v) is 4.90. The molecule has 0 bridgehead atoms. The zero-order valence-electron chi connectivity index (χ0n) is 15.1. The fourth-order valence-electron chi connectivity index (χ4n) is 2.97. The van der Waals surface area contributed by atoms with Crippen molar-refractivity contribution in [1.29, 1.82) is 0 Å². The van der Waals surface area contributed by atoms with Crippen LogP contribution in [0.3, 0.4) is 0 Å². The first-order chi connectivity index (χ1) is 12.2. The molecule has 0 heterocycles. The summed E-state index contributed by atoms with van der Waals surface area (Å²) in [6.07, 6.45) is 1.74. The first-order valence-corrected chi connectivity index (χ1v) is 9.28. The third kappa shape index (κ3) is 5.64. The van der Waals surface area contributed by atoms with Crippen LogP contribution < -0.4 is 10.6 Å². The molecule has 0 spiro atoms. The van der Waals surface area contributed by atoms with E-state index in [4.69, 9.17) is 27.9 Å². The van der Waals surface area contributed by atoms with Crippen LogP contribution >= 0.6 is 23.2 Å². The van der Waals surface area contributed by atoms with Crippen molar-refractivity contribution in [2.45, 2.75) is 27.2 Å². The monoisotopic (exact) mass is 398 g/mol. The maximum absolute atomic E-state index is 12.2. The van der Waals surface area contributed by atoms with Crippen LogP contribution in [0.25, 0.3) is 0 Å². The van der Waals surface area contributed by atoms with Crippen LogP contribution in [0.4, 0.5) is 10.5 Å². The summed E-state index contributed by atoms with van der Waals surface area (Å²) in [6.45, 7) is 6.65. The summed E-state index contributed by atoms with van der Waals surface area (Å²) in [4.78, 5) is 23.9. The second-order valence-corrected chi connectivity index (χ2v) is 8.06. The van der Waals surface area contributed by atoms with Gasteiger partial charge in [-0.05, 0) is 42.9 Å². The van der Waals surface area contributed by atoms with E-state index in [-0.39, 0.29) is 34.3 Å². The summed E-state index contributed by atoms with van der Waals surface area (Å²) in [5, 5.41) is 5.52. The lowest BCUT2D eigenvalue weighted by atomic mass is 10.1. The van der Waals surface area contributed by atoms with Crippen molar-refractivity contribution in [2.75, 3.05) is 18.5 Å². The first kappa shape index (κ1) is 20.6. The Morgan fingerprint density at radius 3 is 2.50 bits per heavy atom. The Bertz CT molecular complexity index is 683. The van der Waals surface area contributed by atoms with Crippen LogP contribution in [0, 0.1) is 24.2 Å². The smallest absolute Gasteiger partial charge is 0.411 e. The van der Waals surface area contributed by atoms with Gasteiger partial charge in [0, 0.05) is 12.2 Å². The zero-order chi connectivity index (χ0) is 19.3. The molecule has 2 N–H and O–H groups in total. The van der Waals surface area contributed by atoms with Crippen molar-refractivity contribution in [2.24, 2.45) is 17.3 Å². The lowest BCUT2D eigenvalue weighted by molar-refractivity contribution is -0.123. The molecular weight excluding hydrogens is 375 g/mol. The molecule has 1 aliphatic rings. The number of carbonyl (C=O) groups is 2. The Hall–Kier alpha value is -1.72. The van der Waals surface area contributed by atoms with Gasteiger partial charge in [0.05, 0.1) is 12.5 Å². The number of carbonyl (C=O) groups excluding carboxylic acids is 2. The molecule has 1 aliphatic carbocycles. The molecule has 0 aliphatic heterocycles. The zero-order valence-corrected chi connectivity index (χ0v) is 16.7. The minimum absolute atomic E-state index is 0.0325. The van der Waals surface area contributed by atoms with E-state index < -0.39 is 6.09 Å². The molecule has 2 atom stereocenters. The Labute approximate surface area is 164 Å². The maximum atomic E-state index is 12.2. The van der Waals surface area contributed by atoms with Crippen LogP contribution in [0.15, 0.2) is 34.8 Å². The number of amides is 2. The van der Waals surface area contributed by atoms with Gasteiger partial charge in [0.2, 0.25) is 5.91 Å². The average Bonchev–Trinajstić information content (AvgIpc) is 3.08. The number of hydrogen-bond acceptors (Lipinski definition) is 3. The van der Waals surface area contributed by atoms with Crippen LogP contribution in [0.1, 0.15) is 25.8 Å². The highest BCUT2D eigenvalue weighted by Crippen LogP contribution is 2.59. The van der Waals surface area contributed by atoms with E-state index in [1.54, 1.807) is 6.08 Å². The van der Waals surface area contributed by atoms with Gasteiger partial charge in [-0.2, -0.15) is 0 Å². The Morgan fingerprint density at radius 2 is 1.88 bits per heavy atom. The van der Waals surface area contributed by atoms with Crippen molar-refractivity contribution in [3.8, 4) is 0 Å². The molecule has 5 nitrogen and oxygen atoms in total. The Kier molecular flexibility index (Phi) is 6.95. The lowest BCUT2D eigenvalue weighted by Crippen LogP contribution is -2.28. The molecule has 0 aromatic heterocycles. The van der Waals surface area contributed by atoms with E-state index >= 15 is 0 Å². The van der Waals surface area contributed by atoms with E-state index in [9.17, 15) is 9.59 Å². The number of rotatable bonds is 7. The minimum atomic E-state index is -0.509. The summed E-state index contributed by atoms with van der Waals surface area (Å²) in [5.74, 6) is -0.125. The number of aryl methyl sites for hydroxylation is 1. The summed E-state index contributed by atoms with van der Waals surface area (Å²) < 4.78 is 5.29. The van der Waals surface area contributed by atoms with Gasteiger partial charge < -0.3 is 10.1 Å². The van der Waals surface area contributed by atoms with Gasteiger partial charge in [-0.3, -0.25) is 10.1 Å². The fraction of sp³-hybridized carbons (Fsp3) is 0.474. The number of benzene rings is 1. The second-order valence-electron chi connectivity index (χ2n) is 7.05. The highest BCUT2D eigenvalue weighted by molar-refractivity contribution is 6.55. The SMILES string of the molecule is Cc1ccc(NC(=O)OCCCNC(=O)[C@@H]2[C@@H](C=C(Cl)Cl)C2(C)C)cc1. The Balaban J connectivity index is 1.63. The van der Waals surface area contributed by atoms with Crippen molar-refractivity contribution in [3.05, 3.63) is 40.4 Å². The average molecular weight is 399 g/mol. The molecule has 2 rings (SSSR count). The molecule has 0 unspecified atom stereocenters. The van der Waals surface area contributed by atoms with Crippen molar-refractivity contribution in [3.63, 3.8) is 0 Å². The standard InChI is InChI=1S/C19H24Cl2N2O3/c1-12-5-7-13(8-6-12)23-18(25)26-10-4-9-22-17(24)16-14(11-15(20)21)19(16,2)3/h5-8,11,14,16H,4,9-10H2,1-3H3,(H,22,24)(H,23,25)/t14-,16+/m1/s1. The second kappa shape index (κ2) is 8.78. The molecule has 1 fully saturated rings. The molecule has 26 heavy (non-hydrogen) atoms. The highest BCUT2D eigenvalue weighted by atomic mass is 35.5. The fourth-order valence-corrected chi connectivity index (χ4v) is 3.25. The summed E-state index contributed by atoms with van der Waals surface area (Å²) in [6, 6.07) is 7.44. The van der Waals surface area contributed by atoms with E-state index in [2.05, 4.69) is 10.6 Å². The normalized spacial score (nSPS) is 20.0. The number of ether oxygens (including phenoxy) is 1. The van der Waals surface area contributed by atoms with E-state index in [1.165, 1.54) is 0 Å². The van der Waals surface area contributed by atoms with Crippen LogP contribution in [-0.2, 0) is 9.53 Å². The molecule has 2 amide bonds. The number of anilines is 1. The van der Waals surface area contributed by atoms with Gasteiger partial charge in [-0.1, -0.05) is 54.7 Å². The van der Waals surface area contributed by atoms with Gasteiger partial charge in [-0.15, -0.1) is 0 Å². The molecule has 1 aromatic rings. The molecule has 0 radical (unpaired) electrons. The highest BCUT2D eigenvalue weighted by Gasteiger charge is 2.60. The van der Waals surface area contributed by atoms with Crippen LogP contribution in [-0.4, -0.2) is 25.2 Å². The van der Waals surface area contributed by atoms with E-state index in [0.717, 1.165) is 5.56 Å². The maximum Gasteiger partial charge on any atom is 0.411 e. The molecule has 1 saturated carbocycles. The Morgan fingerprint density at radius 1 is 1.23 bits per heavy atom. The molecule has 0 saturated heterocycles. The number of allylic oxidation sites excluding steroid dienone is 1. The summed E-state index contributed by atoms with van der Waals surface area (Å²) >= 11 is 11.4. The molecule has 7 heteroatoms. The van der Waals surface area contributed by atoms with Gasteiger partial charge >= 0.3 is 6.09 Å². The summed E-state index contributed by atoms with van der Waals surface area (Å²) in [5.41, 5.74) is 1.65. The number of nitrogens with one attached hydrogen (secondary N) is 2. The largest absolute Gasteiger partial charge is 0.449 e. The van der Waals surface area contributed by atoms with Gasteiger partial charge in [0.25, 0.3) is 0 Å². The third-order valence-electron chi connectivity index (χ3n) is 4.65. The predicted molar refractivity (Wildman–Crippen MR) is 104 cm³/mol. The van der Waals surface area contributed by atoms with E-state index in [0.29, 0.717) is 18.7 Å². The molecule has 1 aromatic carbocycles. The molecule has 142 valence electrons. The van der Waals surface area contributed by atoms with Gasteiger partial charge in [-0.25, -0.2) is 4.79 Å². The van der Waals surface area contributed by atoms with Crippen molar-refractivity contribution < 1.29 is 14.3 Å². The number of halogens is 2. The predicted octanol–water partition coefficient (Wildman–Crippen LogP) is 4.64. The minimum Gasteiger partial charge on any atom is -0.449 e. The van der Waals surface area contributed by atoms with E-state index in [1.807, 2.05) is 45.0 Å². The first-order valence-electron chi connectivity index (χ1n) is 8.53. The quantitative estimate of drug-likeness (QED) is 0.657. The van der Waals surface area contributed by atoms with Gasteiger partial charge in [0.1, 0.15) is 4.49 Å². The van der Waals surface area contributed by atoms with Crippen molar-refractivity contribution >= 4 is 40.9 Å². The summed E-state index contributed by atoms with van der Waals surface area (Å²) in [7, 11) is 0.